The van der Waals surface area contributed by atoms with Crippen molar-refractivity contribution in [3.05, 3.63) is 23.8 Å². The van der Waals surface area contributed by atoms with E-state index in [2.05, 4.69) is 9.62 Å². The highest BCUT2D eigenvalue weighted by molar-refractivity contribution is 7.89. The number of rotatable bonds is 8. The predicted molar refractivity (Wildman–Crippen MR) is 105 cm³/mol. The van der Waals surface area contributed by atoms with Gasteiger partial charge in [-0.1, -0.05) is 0 Å². The molecule has 0 bridgehead atoms. The molecule has 28 heavy (non-hydrogen) atoms. The maximum atomic E-state index is 12.8. The normalized spacial score (nSPS) is 18.4. The van der Waals surface area contributed by atoms with Gasteiger partial charge in [0.1, 0.15) is 5.75 Å². The molecule has 156 valence electrons. The zero-order chi connectivity index (χ0) is 20.0. The fourth-order valence-corrected chi connectivity index (χ4v) is 4.63. The van der Waals surface area contributed by atoms with Crippen LogP contribution in [0, 0.1) is 0 Å². The lowest BCUT2D eigenvalue weighted by Gasteiger charge is -2.26. The molecule has 1 aromatic rings. The molecule has 0 aliphatic carbocycles. The Hall–Kier alpha value is -1.68. The number of hydrogen-bond donors (Lipinski definition) is 1. The Kier molecular flexibility index (Phi) is 7.28. The summed E-state index contributed by atoms with van der Waals surface area (Å²) < 4.78 is 38.6. The van der Waals surface area contributed by atoms with Crippen LogP contribution in [0.3, 0.4) is 0 Å². The molecule has 8 nitrogen and oxygen atoms in total. The molecule has 3 rings (SSSR count). The largest absolute Gasteiger partial charge is 0.496 e. The van der Waals surface area contributed by atoms with Crippen molar-refractivity contribution in [2.24, 2.45) is 0 Å². The number of hydrogen-bond acceptors (Lipinski definition) is 6. The lowest BCUT2D eigenvalue weighted by Crippen LogP contribution is -2.38. The Labute approximate surface area is 166 Å². The van der Waals surface area contributed by atoms with Gasteiger partial charge in [-0.3, -0.25) is 9.69 Å². The van der Waals surface area contributed by atoms with E-state index < -0.39 is 10.0 Å². The van der Waals surface area contributed by atoms with Crippen LogP contribution >= 0.6 is 0 Å². The number of morpholine rings is 1. The van der Waals surface area contributed by atoms with Crippen molar-refractivity contribution in [2.45, 2.75) is 24.2 Å². The SMILES string of the molecule is COc1ccc(S(=O)(=O)NCCCN2CCOCC2)cc1C(=O)N1CCCC1. The zero-order valence-electron chi connectivity index (χ0n) is 16.4. The second kappa shape index (κ2) is 9.69. The van der Waals surface area contributed by atoms with Gasteiger partial charge in [0.05, 0.1) is 30.8 Å². The van der Waals surface area contributed by atoms with Crippen LogP contribution in [0.1, 0.15) is 29.6 Å². The number of methoxy groups -OCH3 is 1. The highest BCUT2D eigenvalue weighted by Gasteiger charge is 2.25. The number of amides is 1. The van der Waals surface area contributed by atoms with E-state index in [1.54, 1.807) is 11.0 Å². The van der Waals surface area contributed by atoms with Crippen LogP contribution in [0.4, 0.5) is 0 Å². The molecule has 2 heterocycles. The molecule has 1 amide bonds. The van der Waals surface area contributed by atoms with Gasteiger partial charge in [0.15, 0.2) is 0 Å². The van der Waals surface area contributed by atoms with E-state index >= 15 is 0 Å². The molecule has 2 fully saturated rings. The maximum Gasteiger partial charge on any atom is 0.257 e. The second-order valence-corrected chi connectivity index (χ2v) is 8.83. The average Bonchev–Trinajstić information content (AvgIpc) is 3.26. The molecular formula is C19H29N3O5S. The molecule has 9 heteroatoms. The topological polar surface area (TPSA) is 88.2 Å². The van der Waals surface area contributed by atoms with Gasteiger partial charge in [0.2, 0.25) is 10.0 Å². The summed E-state index contributed by atoms with van der Waals surface area (Å²) >= 11 is 0. The summed E-state index contributed by atoms with van der Waals surface area (Å²) in [6, 6.07) is 4.44. The number of carbonyl (C=O) groups excluding carboxylic acids is 1. The van der Waals surface area contributed by atoms with Crippen LogP contribution in [-0.4, -0.2) is 83.7 Å². The van der Waals surface area contributed by atoms with Crippen molar-refractivity contribution in [1.29, 1.82) is 0 Å². The van der Waals surface area contributed by atoms with Gasteiger partial charge in [-0.15, -0.1) is 0 Å². The van der Waals surface area contributed by atoms with Gasteiger partial charge in [0, 0.05) is 32.7 Å². The minimum Gasteiger partial charge on any atom is -0.496 e. The Balaban J connectivity index is 1.63. The van der Waals surface area contributed by atoms with E-state index in [4.69, 9.17) is 9.47 Å². The molecule has 0 aromatic heterocycles. The number of ether oxygens (including phenoxy) is 2. The fraction of sp³-hybridized carbons (Fsp3) is 0.632. The first kappa shape index (κ1) is 21.0. The van der Waals surface area contributed by atoms with Gasteiger partial charge in [-0.25, -0.2) is 13.1 Å². The lowest BCUT2D eigenvalue weighted by atomic mass is 10.1. The van der Waals surface area contributed by atoms with Crippen molar-refractivity contribution in [2.75, 3.05) is 59.6 Å². The molecule has 0 unspecified atom stereocenters. The standard InChI is InChI=1S/C19H29N3O5S/c1-26-18-6-5-16(15-17(18)19(23)22-9-2-3-10-22)28(24,25)20-7-4-8-21-11-13-27-14-12-21/h5-6,15,20H,2-4,7-14H2,1H3. The van der Waals surface area contributed by atoms with Crippen LogP contribution < -0.4 is 9.46 Å². The third-order valence-corrected chi connectivity index (χ3v) is 6.61. The molecule has 0 spiro atoms. The number of carbonyl (C=O) groups is 1. The monoisotopic (exact) mass is 411 g/mol. The first-order valence-corrected chi connectivity index (χ1v) is 11.3. The predicted octanol–water partition coefficient (Wildman–Crippen LogP) is 0.932. The van der Waals surface area contributed by atoms with Crippen molar-refractivity contribution >= 4 is 15.9 Å². The average molecular weight is 412 g/mol. The third kappa shape index (κ3) is 5.22. The molecule has 2 aliphatic rings. The van der Waals surface area contributed by atoms with E-state index in [1.165, 1.54) is 19.2 Å². The van der Waals surface area contributed by atoms with Gasteiger partial charge in [-0.05, 0) is 44.0 Å². The Morgan fingerprint density at radius 1 is 1.18 bits per heavy atom. The minimum atomic E-state index is -3.69. The molecule has 2 aliphatic heterocycles. The lowest BCUT2D eigenvalue weighted by molar-refractivity contribution is 0.0376. The van der Waals surface area contributed by atoms with E-state index in [9.17, 15) is 13.2 Å². The van der Waals surface area contributed by atoms with E-state index in [0.29, 0.717) is 30.9 Å². The van der Waals surface area contributed by atoms with Crippen LogP contribution in [0.2, 0.25) is 0 Å². The highest BCUT2D eigenvalue weighted by atomic mass is 32.2. The smallest absolute Gasteiger partial charge is 0.257 e. The summed E-state index contributed by atoms with van der Waals surface area (Å²) in [4.78, 5) is 16.8. The Morgan fingerprint density at radius 2 is 1.89 bits per heavy atom. The van der Waals surface area contributed by atoms with Crippen LogP contribution in [0.5, 0.6) is 5.75 Å². The van der Waals surface area contributed by atoms with E-state index in [-0.39, 0.29) is 10.8 Å². The Morgan fingerprint density at radius 3 is 2.57 bits per heavy atom. The number of likely N-dealkylation sites (tertiary alicyclic amines) is 1. The van der Waals surface area contributed by atoms with Crippen molar-refractivity contribution in [1.82, 2.24) is 14.5 Å². The summed E-state index contributed by atoms with van der Waals surface area (Å²) in [5, 5.41) is 0. The number of benzene rings is 1. The first-order chi connectivity index (χ1) is 13.5. The van der Waals surface area contributed by atoms with Gasteiger partial charge in [0.25, 0.3) is 5.91 Å². The van der Waals surface area contributed by atoms with Crippen molar-refractivity contribution < 1.29 is 22.7 Å². The Bertz CT molecular complexity index is 772. The summed E-state index contributed by atoms with van der Waals surface area (Å²) in [5.41, 5.74) is 0.292. The first-order valence-electron chi connectivity index (χ1n) is 9.78. The summed E-state index contributed by atoms with van der Waals surface area (Å²) in [7, 11) is -2.21. The molecule has 2 saturated heterocycles. The van der Waals surface area contributed by atoms with Gasteiger partial charge >= 0.3 is 0 Å². The fourth-order valence-electron chi connectivity index (χ4n) is 3.53. The quantitative estimate of drug-likeness (QED) is 0.641. The number of nitrogens with zero attached hydrogens (tertiary/aromatic N) is 2. The van der Waals surface area contributed by atoms with E-state index in [1.807, 2.05) is 0 Å². The minimum absolute atomic E-state index is 0.0854. The molecule has 0 saturated carbocycles. The van der Waals surface area contributed by atoms with Crippen molar-refractivity contribution in [3.63, 3.8) is 0 Å². The highest BCUT2D eigenvalue weighted by Crippen LogP contribution is 2.25. The van der Waals surface area contributed by atoms with Gasteiger partial charge < -0.3 is 14.4 Å². The van der Waals surface area contributed by atoms with Crippen molar-refractivity contribution in [3.8, 4) is 5.75 Å². The molecule has 0 atom stereocenters. The summed E-state index contributed by atoms with van der Waals surface area (Å²) in [6.45, 7) is 5.78. The molecule has 1 aromatic carbocycles. The van der Waals surface area contributed by atoms with Crippen LogP contribution in [-0.2, 0) is 14.8 Å². The molecule has 1 N–H and O–H groups in total. The summed E-state index contributed by atoms with van der Waals surface area (Å²) in [6.07, 6.45) is 2.66. The molecule has 0 radical (unpaired) electrons. The van der Waals surface area contributed by atoms with Crippen LogP contribution in [0.15, 0.2) is 23.1 Å². The number of sulfonamides is 1. The molecular weight excluding hydrogens is 382 g/mol. The summed E-state index contributed by atoms with van der Waals surface area (Å²) in [5.74, 6) is 0.210. The van der Waals surface area contributed by atoms with Gasteiger partial charge in [-0.2, -0.15) is 0 Å². The van der Waals surface area contributed by atoms with E-state index in [0.717, 1.165) is 52.1 Å². The van der Waals surface area contributed by atoms with Crippen LogP contribution in [0.25, 0.3) is 0 Å². The number of nitrogens with one attached hydrogen (secondary N) is 1. The maximum absolute atomic E-state index is 12.8. The zero-order valence-corrected chi connectivity index (χ0v) is 17.2. The second-order valence-electron chi connectivity index (χ2n) is 7.07. The third-order valence-electron chi connectivity index (χ3n) is 5.15.